The number of Topliss-reactive ketones (excluding diaryl/α,β-unsaturated/α-hetero) is 2. The Morgan fingerprint density at radius 3 is 2.19 bits per heavy atom. The molecule has 5 aliphatic carbocycles. The predicted octanol–water partition coefficient (Wildman–Crippen LogP) is 2.64. The first-order valence-electron chi connectivity index (χ1n) is 15.7. The third-order valence-electron chi connectivity index (χ3n) is 13.4. The third kappa shape index (κ3) is 5.22. The maximum absolute atomic E-state index is 13.6. The summed E-state index contributed by atoms with van der Waals surface area (Å²) in [5.74, 6) is 1.19. The van der Waals surface area contributed by atoms with Crippen molar-refractivity contribution >= 4 is 27.9 Å². The maximum atomic E-state index is 13.6. The molecule has 0 amide bonds. The number of esters is 1. The van der Waals surface area contributed by atoms with Crippen LogP contribution in [0.4, 0.5) is 0 Å². The van der Waals surface area contributed by atoms with E-state index in [0.717, 1.165) is 51.4 Å². The van der Waals surface area contributed by atoms with Gasteiger partial charge in [-0.2, -0.15) is 0 Å². The molecule has 0 aliphatic heterocycles. The van der Waals surface area contributed by atoms with Gasteiger partial charge in [0.2, 0.25) is 10.4 Å². The van der Waals surface area contributed by atoms with Crippen LogP contribution in [0.15, 0.2) is 0 Å². The van der Waals surface area contributed by atoms with Crippen molar-refractivity contribution in [2.45, 2.75) is 112 Å². The van der Waals surface area contributed by atoms with E-state index in [1.165, 1.54) is 6.92 Å². The second-order valence-corrected chi connectivity index (χ2v) is 16.6. The molecule has 0 N–H and O–H groups in total. The Morgan fingerprint density at radius 1 is 0.929 bits per heavy atom. The van der Waals surface area contributed by atoms with Crippen LogP contribution < -0.4 is 29.6 Å². The van der Waals surface area contributed by atoms with Crippen LogP contribution in [0.5, 0.6) is 0 Å². The van der Waals surface area contributed by atoms with Crippen molar-refractivity contribution in [3.63, 3.8) is 0 Å². The number of ether oxygens (including phenoxy) is 1. The minimum atomic E-state index is -5.02. The van der Waals surface area contributed by atoms with Crippen LogP contribution in [0.1, 0.15) is 112 Å². The van der Waals surface area contributed by atoms with Gasteiger partial charge in [0.1, 0.15) is 18.2 Å². The molecule has 0 unspecified atom stereocenters. The number of carbonyl (C=O) groups excluding carboxylic acids is 3. The topological polar surface area (TPSA) is 127 Å². The number of fused-ring (bicyclic) bond motifs is 2. The molecule has 0 bridgehead atoms. The number of carbonyl (C=O) groups is 3. The minimum absolute atomic E-state index is 0. The van der Waals surface area contributed by atoms with E-state index in [-0.39, 0.29) is 75.9 Å². The Balaban J connectivity index is 0.00000405. The van der Waals surface area contributed by atoms with E-state index in [1.807, 2.05) is 0 Å². The molecule has 5 aliphatic rings. The summed E-state index contributed by atoms with van der Waals surface area (Å²) in [6.45, 7) is 11.9. The summed E-state index contributed by atoms with van der Waals surface area (Å²) in [4.78, 5) is 38.2. The van der Waals surface area contributed by atoms with E-state index >= 15 is 0 Å². The molecule has 10 heteroatoms. The second kappa shape index (κ2) is 11.5. The van der Waals surface area contributed by atoms with Gasteiger partial charge in [-0.05, 0) is 103 Å². The summed E-state index contributed by atoms with van der Waals surface area (Å²) in [6.07, 6.45) is 9.38. The van der Waals surface area contributed by atoms with Gasteiger partial charge < -0.3 is 9.29 Å². The fourth-order valence-corrected chi connectivity index (χ4v) is 12.0. The van der Waals surface area contributed by atoms with Crippen LogP contribution in [0.2, 0.25) is 0 Å². The van der Waals surface area contributed by atoms with Gasteiger partial charge in [-0.3, -0.25) is 18.6 Å². The summed E-state index contributed by atoms with van der Waals surface area (Å²) in [6, 6.07) is 0. The normalized spacial score (nSPS) is 42.9. The zero-order chi connectivity index (χ0) is 30.2. The van der Waals surface area contributed by atoms with Gasteiger partial charge in [0.15, 0.2) is 0 Å². The summed E-state index contributed by atoms with van der Waals surface area (Å²) in [5.41, 5.74) is -1.14. The molecule has 2 spiro atoms. The molecule has 232 valence electrons. The number of hydrogen-bond donors (Lipinski definition) is 0. The Labute approximate surface area is 274 Å². The monoisotopic (exact) mass is 616 g/mol. The quantitative estimate of drug-likeness (QED) is 0.159. The summed E-state index contributed by atoms with van der Waals surface area (Å²) >= 11 is 0. The largest absolute Gasteiger partial charge is 1.00 e. The van der Waals surface area contributed by atoms with Crippen LogP contribution >= 0.6 is 0 Å². The molecule has 42 heavy (non-hydrogen) atoms. The molecule has 5 saturated carbocycles. The minimum Gasteiger partial charge on any atom is -0.726 e. The number of hydrogen-bond acceptors (Lipinski definition) is 8. The van der Waals surface area contributed by atoms with E-state index in [1.54, 1.807) is 0 Å². The molecular weight excluding hydrogens is 567 g/mol. The second-order valence-electron chi connectivity index (χ2n) is 15.5. The molecule has 9 atom stereocenters. The van der Waals surface area contributed by atoms with Gasteiger partial charge in [0.05, 0.1) is 12.0 Å². The molecule has 5 fully saturated rings. The van der Waals surface area contributed by atoms with E-state index in [2.05, 4.69) is 34.6 Å². The first kappa shape index (κ1) is 34.6. The van der Waals surface area contributed by atoms with Crippen molar-refractivity contribution in [1.82, 2.24) is 0 Å². The summed E-state index contributed by atoms with van der Waals surface area (Å²) < 4.78 is 44.8. The van der Waals surface area contributed by atoms with Gasteiger partial charge in [0, 0.05) is 26.2 Å². The maximum Gasteiger partial charge on any atom is 1.00 e. The van der Waals surface area contributed by atoms with Crippen molar-refractivity contribution in [1.29, 1.82) is 0 Å². The van der Waals surface area contributed by atoms with Crippen LogP contribution in [0.3, 0.4) is 0 Å². The van der Waals surface area contributed by atoms with E-state index < -0.39 is 28.4 Å². The van der Waals surface area contributed by atoms with Crippen LogP contribution in [-0.4, -0.2) is 43.7 Å². The molecule has 0 heterocycles. The average Bonchev–Trinajstić information content (AvgIpc) is 3.44. The van der Waals surface area contributed by atoms with E-state index in [4.69, 9.17) is 8.92 Å². The SMILES string of the molecule is CC(=O)OC[C@@]1(COS(=O)(=O)[O-])C(=O)CC[C@@]23C[C@@]24CC[C@]2(C)[C@@H]([C@H](C)CC(=O)CC(C)C)CC[C@@]2(C)[C@H]4CC[C@@H]13.[Na+]. The van der Waals surface area contributed by atoms with Gasteiger partial charge in [-0.15, -0.1) is 0 Å². The summed E-state index contributed by atoms with van der Waals surface area (Å²) in [7, 11) is -5.02. The molecule has 0 saturated heterocycles. The molecule has 0 aromatic carbocycles. The van der Waals surface area contributed by atoms with E-state index in [0.29, 0.717) is 42.3 Å². The van der Waals surface area contributed by atoms with Gasteiger partial charge >= 0.3 is 35.5 Å². The molecule has 8 nitrogen and oxygen atoms in total. The number of rotatable bonds is 10. The van der Waals surface area contributed by atoms with Crippen LogP contribution in [0, 0.1) is 56.7 Å². The Morgan fingerprint density at radius 2 is 1.57 bits per heavy atom. The molecular formula is C32H49NaO8S. The first-order chi connectivity index (χ1) is 19.0. The van der Waals surface area contributed by atoms with Gasteiger partial charge in [0.25, 0.3) is 0 Å². The van der Waals surface area contributed by atoms with Crippen LogP contribution in [-0.2, 0) is 33.7 Å². The van der Waals surface area contributed by atoms with Crippen molar-refractivity contribution in [2.24, 2.45) is 56.7 Å². The van der Waals surface area contributed by atoms with Crippen LogP contribution in [0.25, 0.3) is 0 Å². The predicted molar refractivity (Wildman–Crippen MR) is 151 cm³/mol. The van der Waals surface area contributed by atoms with Crippen molar-refractivity contribution < 1.29 is 65.8 Å². The average molecular weight is 617 g/mol. The molecule has 5 rings (SSSR count). The van der Waals surface area contributed by atoms with Crippen molar-refractivity contribution in [3.8, 4) is 0 Å². The van der Waals surface area contributed by atoms with E-state index in [9.17, 15) is 27.4 Å². The standard InChI is InChI=1S/C32H50O8S.Na/c1-20(2)15-23(34)16-21(3)24-9-11-29(6)25-7-8-26-30(18-39-22(4)33,19-40-41(36,37)38)27(35)10-12-31(26)17-32(25,31)14-13-28(24,29)5;/h20-21,24-26H,7-19H2,1-6H3,(H,36,37,38);/q;+1/p-1/t21-,24-,25-,26+,28-,29+,30+,31+,32-;/m1./s1. The molecule has 0 radical (unpaired) electrons. The first-order valence-corrected chi connectivity index (χ1v) is 17.1. The fourth-order valence-electron chi connectivity index (χ4n) is 11.7. The third-order valence-corrected chi connectivity index (χ3v) is 13.8. The molecule has 0 aromatic heterocycles. The Kier molecular flexibility index (Phi) is 9.45. The van der Waals surface area contributed by atoms with Gasteiger partial charge in [-0.1, -0.05) is 34.6 Å². The summed E-state index contributed by atoms with van der Waals surface area (Å²) in [5, 5.41) is 0. The zero-order valence-electron chi connectivity index (χ0n) is 26.8. The number of ketones is 2. The van der Waals surface area contributed by atoms with Gasteiger partial charge in [-0.25, -0.2) is 8.42 Å². The van der Waals surface area contributed by atoms with Crippen molar-refractivity contribution in [3.05, 3.63) is 0 Å². The Bertz CT molecular complexity index is 1220. The smallest absolute Gasteiger partial charge is 0.726 e. The Hall–Kier alpha value is -0.320. The fraction of sp³-hybridized carbons (Fsp3) is 0.906. The molecule has 0 aromatic rings. The van der Waals surface area contributed by atoms with Crippen molar-refractivity contribution in [2.75, 3.05) is 13.2 Å². The zero-order valence-corrected chi connectivity index (χ0v) is 29.6.